The van der Waals surface area contributed by atoms with Crippen LogP contribution in [-0.4, -0.2) is 25.7 Å². The van der Waals surface area contributed by atoms with Crippen LogP contribution in [0.1, 0.15) is 105 Å². The Morgan fingerprint density at radius 1 is 1.07 bits per heavy atom. The number of fused-ring (bicyclic) bond motifs is 5. The third kappa shape index (κ3) is 5.94. The first kappa shape index (κ1) is 31.6. The summed E-state index contributed by atoms with van der Waals surface area (Å²) in [5.41, 5.74) is 0.739. The summed E-state index contributed by atoms with van der Waals surface area (Å²) in [6.45, 7) is 9.73. The van der Waals surface area contributed by atoms with Gasteiger partial charge in [-0.1, -0.05) is 47.0 Å². The molecule has 5 rings (SSSR count). The Labute approximate surface area is 249 Å². The van der Waals surface area contributed by atoms with E-state index in [-0.39, 0.29) is 17.8 Å². The number of nitrogens with one attached hydrogen (secondary N) is 1. The van der Waals surface area contributed by atoms with Crippen LogP contribution in [0.5, 0.6) is 5.88 Å². The fraction of sp³-hybridized carbons (Fsp3) is 0.812. The molecule has 3 unspecified atom stereocenters. The number of sulfonamides is 1. The lowest BCUT2D eigenvalue weighted by Gasteiger charge is -2.63. The first-order valence-corrected chi connectivity index (χ1v) is 17.4. The molecule has 4 aliphatic rings. The number of rotatable bonds is 8. The molecule has 1 aromatic rings. The maximum absolute atomic E-state index is 12.7. The molecule has 1 heterocycles. The summed E-state index contributed by atoms with van der Waals surface area (Å²) < 4.78 is 68.2. The fourth-order valence-corrected chi connectivity index (χ4v) is 11.5. The highest BCUT2D eigenvalue weighted by Crippen LogP contribution is 2.69. The van der Waals surface area contributed by atoms with Gasteiger partial charge < -0.3 is 4.74 Å². The minimum atomic E-state index is -4.93. The Balaban J connectivity index is 1.19. The summed E-state index contributed by atoms with van der Waals surface area (Å²) in [5, 5.41) is 0. The monoisotopic (exact) mass is 612 g/mol. The molecule has 1 N–H and O–H groups in total. The van der Waals surface area contributed by atoms with Gasteiger partial charge in [0.25, 0.3) is 10.0 Å². The van der Waals surface area contributed by atoms with Crippen molar-refractivity contribution in [2.24, 2.45) is 52.3 Å². The number of pyridine rings is 1. The van der Waals surface area contributed by atoms with E-state index < -0.39 is 33.1 Å². The number of carbonyl (C=O) groups excluding carboxylic acids is 1. The highest BCUT2D eigenvalue weighted by Gasteiger charge is 2.61. The van der Waals surface area contributed by atoms with Crippen molar-refractivity contribution in [2.75, 3.05) is 0 Å². The molecule has 0 saturated heterocycles. The van der Waals surface area contributed by atoms with Crippen molar-refractivity contribution < 1.29 is 31.1 Å². The van der Waals surface area contributed by atoms with Crippen molar-refractivity contribution in [3.8, 4) is 5.88 Å². The average molecular weight is 613 g/mol. The Hall–Kier alpha value is -1.84. The molecule has 1 amide bonds. The number of ether oxygens (including phenoxy) is 1. The zero-order chi connectivity index (χ0) is 30.5. The van der Waals surface area contributed by atoms with E-state index >= 15 is 0 Å². The molecule has 10 heteroatoms. The molecule has 42 heavy (non-hydrogen) atoms. The predicted octanol–water partition coefficient (Wildman–Crippen LogP) is 7.89. The van der Waals surface area contributed by atoms with E-state index in [4.69, 9.17) is 0 Å². The lowest BCUT2D eigenvalue weighted by atomic mass is 9.42. The van der Waals surface area contributed by atoms with Crippen LogP contribution < -0.4 is 9.46 Å². The van der Waals surface area contributed by atoms with Gasteiger partial charge in [0.05, 0.1) is 6.20 Å². The minimum Gasteiger partial charge on any atom is -0.388 e. The van der Waals surface area contributed by atoms with E-state index in [0.717, 1.165) is 47.9 Å². The van der Waals surface area contributed by atoms with Crippen molar-refractivity contribution in [3.05, 3.63) is 18.3 Å². The van der Waals surface area contributed by atoms with Crippen molar-refractivity contribution >= 4 is 15.9 Å². The molecular weight excluding hydrogens is 565 g/mol. The number of aromatic nitrogens is 1. The minimum absolute atomic E-state index is 0.0735. The molecule has 1 aromatic heterocycles. The van der Waals surface area contributed by atoms with Crippen molar-refractivity contribution in [1.29, 1.82) is 0 Å². The van der Waals surface area contributed by atoms with Gasteiger partial charge in [-0.3, -0.25) is 4.79 Å². The van der Waals surface area contributed by atoms with E-state index in [9.17, 15) is 26.4 Å². The predicted molar refractivity (Wildman–Crippen MR) is 154 cm³/mol. The third-order valence-electron chi connectivity index (χ3n) is 12.4. The van der Waals surface area contributed by atoms with Gasteiger partial charge in [-0.05, 0) is 110 Å². The van der Waals surface area contributed by atoms with Gasteiger partial charge in [-0.25, -0.2) is 18.1 Å². The second-order valence-electron chi connectivity index (χ2n) is 14.3. The molecule has 0 aromatic carbocycles. The zero-order valence-electron chi connectivity index (χ0n) is 25.4. The Bertz CT molecular complexity index is 1240. The van der Waals surface area contributed by atoms with Crippen molar-refractivity contribution in [3.63, 3.8) is 0 Å². The molecule has 9 atom stereocenters. The van der Waals surface area contributed by atoms with Gasteiger partial charge in [0, 0.05) is 12.5 Å². The van der Waals surface area contributed by atoms with Gasteiger partial charge in [0.15, 0.2) is 0 Å². The molecule has 4 aliphatic carbocycles. The summed E-state index contributed by atoms with van der Waals surface area (Å²) in [5.74, 6) is 3.48. The van der Waals surface area contributed by atoms with Crippen LogP contribution in [0.25, 0.3) is 0 Å². The molecule has 236 valence electrons. The van der Waals surface area contributed by atoms with Gasteiger partial charge >= 0.3 is 6.36 Å². The van der Waals surface area contributed by atoms with E-state index in [2.05, 4.69) is 42.1 Å². The van der Waals surface area contributed by atoms with Gasteiger partial charge in [0.1, 0.15) is 4.90 Å². The molecule has 0 radical (unpaired) electrons. The average Bonchev–Trinajstić information content (AvgIpc) is 3.27. The second kappa shape index (κ2) is 11.6. The van der Waals surface area contributed by atoms with Gasteiger partial charge in [-0.15, -0.1) is 13.2 Å². The van der Waals surface area contributed by atoms with E-state index in [0.29, 0.717) is 17.8 Å². The summed E-state index contributed by atoms with van der Waals surface area (Å²) in [4.78, 5) is 15.7. The molecule has 0 spiro atoms. The maximum atomic E-state index is 12.7. The molecule has 6 nitrogen and oxygen atoms in total. The Morgan fingerprint density at radius 3 is 2.48 bits per heavy atom. The number of alkyl halides is 3. The van der Waals surface area contributed by atoms with Crippen LogP contribution in [0.2, 0.25) is 0 Å². The maximum Gasteiger partial charge on any atom is 0.574 e. The fourth-order valence-electron chi connectivity index (χ4n) is 10.5. The topological polar surface area (TPSA) is 85.4 Å². The highest BCUT2D eigenvalue weighted by atomic mass is 32.2. The van der Waals surface area contributed by atoms with Crippen LogP contribution in [0.3, 0.4) is 0 Å². The lowest BCUT2D eigenvalue weighted by Crippen LogP contribution is -2.55. The van der Waals surface area contributed by atoms with Crippen molar-refractivity contribution in [2.45, 2.75) is 116 Å². The number of amides is 1. The molecular formula is C32H47F3N2O4S. The lowest BCUT2D eigenvalue weighted by molar-refractivity contribution is -0.276. The SMILES string of the molecule is CC[C@H]1CC2C3CC[C@H]([C@H](C)CCC(=O)NS(=O)(=O)c4ccc(OC(F)(F)F)nc4)[C@@]3(C)CCC2[C@@]2(C)CCCC[C@@H]12. The van der Waals surface area contributed by atoms with E-state index in [1.54, 1.807) is 0 Å². The standard InChI is InChI=1S/C32H47F3N2O4S/c1-5-21-18-23-26-12-11-24(31(26,4)17-15-27(23)30(3)16-7-6-8-25(21)30)20(2)9-13-28(38)37-42(39,40)22-10-14-29(36-19-22)41-32(33,34)35/h10,14,19-21,23-27H,5-9,11-13,15-18H2,1-4H3,(H,37,38)/t20-,21+,23?,24-,25+,26?,27?,30+,31-/m1/s1. The van der Waals surface area contributed by atoms with Crippen LogP contribution in [-0.2, 0) is 14.8 Å². The van der Waals surface area contributed by atoms with Crippen LogP contribution in [0.4, 0.5) is 13.2 Å². The van der Waals surface area contributed by atoms with Crippen molar-refractivity contribution in [1.82, 2.24) is 9.71 Å². The molecule has 4 fully saturated rings. The normalized spacial score (nSPS) is 37.2. The Kier molecular flexibility index (Phi) is 8.71. The number of halogens is 3. The summed E-state index contributed by atoms with van der Waals surface area (Å²) in [6, 6.07) is 1.75. The first-order chi connectivity index (χ1) is 19.7. The summed E-state index contributed by atoms with van der Waals surface area (Å²) in [7, 11) is -4.25. The van der Waals surface area contributed by atoms with Gasteiger partial charge in [0.2, 0.25) is 11.8 Å². The summed E-state index contributed by atoms with van der Waals surface area (Å²) >= 11 is 0. The molecule has 0 bridgehead atoms. The van der Waals surface area contributed by atoms with Gasteiger partial charge in [-0.2, -0.15) is 0 Å². The van der Waals surface area contributed by atoms with E-state index in [1.807, 2.05) is 0 Å². The quantitative estimate of drug-likeness (QED) is 0.323. The third-order valence-corrected chi connectivity index (χ3v) is 13.7. The van der Waals surface area contributed by atoms with Crippen LogP contribution in [0.15, 0.2) is 23.2 Å². The first-order valence-electron chi connectivity index (χ1n) is 16.0. The van der Waals surface area contributed by atoms with Crippen LogP contribution in [0, 0.1) is 52.3 Å². The molecule has 0 aliphatic heterocycles. The number of nitrogens with zero attached hydrogens (tertiary/aromatic N) is 1. The van der Waals surface area contributed by atoms with E-state index in [1.165, 1.54) is 64.2 Å². The second-order valence-corrected chi connectivity index (χ2v) is 16.0. The summed E-state index contributed by atoms with van der Waals surface area (Å²) in [6.07, 6.45) is 9.69. The largest absolute Gasteiger partial charge is 0.574 e. The number of hydrogen-bond acceptors (Lipinski definition) is 5. The number of carbonyl (C=O) groups is 1. The highest BCUT2D eigenvalue weighted by molar-refractivity contribution is 7.90. The van der Waals surface area contributed by atoms with Crippen LogP contribution >= 0.6 is 0 Å². The smallest absolute Gasteiger partial charge is 0.388 e. The molecule has 4 saturated carbocycles. The Morgan fingerprint density at radius 2 is 1.81 bits per heavy atom. The zero-order valence-corrected chi connectivity index (χ0v) is 26.2. The number of hydrogen-bond donors (Lipinski definition) is 1.